The highest BCUT2D eigenvalue weighted by molar-refractivity contribution is 5.86. The molecule has 1 atom stereocenters. The number of carbonyl (C=O) groups is 1. The van der Waals surface area contributed by atoms with Gasteiger partial charge in [0, 0.05) is 25.2 Å². The van der Waals surface area contributed by atoms with Crippen molar-refractivity contribution in [1.82, 2.24) is 10.2 Å². The van der Waals surface area contributed by atoms with Crippen molar-refractivity contribution in [1.29, 1.82) is 0 Å². The number of aliphatic hydroxyl groups is 1. The van der Waals surface area contributed by atoms with Crippen LogP contribution in [-0.2, 0) is 16.9 Å². The van der Waals surface area contributed by atoms with Gasteiger partial charge in [0.15, 0.2) is 17.2 Å². The highest BCUT2D eigenvalue weighted by Crippen LogP contribution is 2.45. The zero-order valence-corrected chi connectivity index (χ0v) is 15.6. The van der Waals surface area contributed by atoms with Crippen molar-refractivity contribution in [2.24, 2.45) is 0 Å². The molecule has 6 heteroatoms. The van der Waals surface area contributed by atoms with E-state index in [1.54, 1.807) is 0 Å². The molecule has 0 unspecified atom stereocenters. The lowest BCUT2D eigenvalue weighted by atomic mass is 9.90. The summed E-state index contributed by atoms with van der Waals surface area (Å²) in [6.45, 7) is 0.821. The molecule has 1 aliphatic carbocycles. The van der Waals surface area contributed by atoms with Crippen molar-refractivity contribution < 1.29 is 18.7 Å². The van der Waals surface area contributed by atoms with Crippen molar-refractivity contribution in [3.63, 3.8) is 0 Å². The normalized spacial score (nSPS) is 23.7. The van der Waals surface area contributed by atoms with Crippen molar-refractivity contribution in [3.8, 4) is 0 Å². The third kappa shape index (κ3) is 3.66. The summed E-state index contributed by atoms with van der Waals surface area (Å²) in [7, 11) is 0. The number of nitrogens with zero attached hydrogens (tertiary/aromatic N) is 1. The summed E-state index contributed by atoms with van der Waals surface area (Å²) in [5, 5.41) is 14.5. The minimum Gasteiger partial charge on any atom is -0.379 e. The molecule has 1 aliphatic heterocycles. The summed E-state index contributed by atoms with van der Waals surface area (Å²) in [5.74, 6) is -2.21. The molecule has 1 saturated heterocycles. The summed E-state index contributed by atoms with van der Waals surface area (Å²) in [5.41, 5.74) is 0.0220. The second-order valence-electron chi connectivity index (χ2n) is 7.91. The van der Waals surface area contributed by atoms with Crippen molar-refractivity contribution in [2.45, 2.75) is 43.4 Å². The monoisotopic (exact) mass is 386 g/mol. The van der Waals surface area contributed by atoms with Gasteiger partial charge in [0.05, 0.1) is 0 Å². The number of benzene rings is 2. The summed E-state index contributed by atoms with van der Waals surface area (Å²) in [6.07, 6.45) is 2.99. The Labute approximate surface area is 163 Å². The number of carbonyl (C=O) groups excluding carboxylic acids is 1. The first-order chi connectivity index (χ1) is 13.4. The van der Waals surface area contributed by atoms with Crippen LogP contribution in [0.4, 0.5) is 8.78 Å². The summed E-state index contributed by atoms with van der Waals surface area (Å²) in [4.78, 5) is 14.5. The first kappa shape index (κ1) is 19.0. The van der Waals surface area contributed by atoms with Gasteiger partial charge in [-0.05, 0) is 48.9 Å². The molecule has 0 spiro atoms. The second-order valence-corrected chi connectivity index (χ2v) is 7.91. The average molecular weight is 386 g/mol. The van der Waals surface area contributed by atoms with E-state index in [0.717, 1.165) is 25.0 Å². The maximum atomic E-state index is 13.5. The molecule has 2 aromatic rings. The maximum Gasteiger partial charge on any atom is 0.256 e. The van der Waals surface area contributed by atoms with Crippen LogP contribution in [0.2, 0.25) is 0 Å². The molecule has 4 nitrogen and oxygen atoms in total. The number of nitrogens with one attached hydrogen (secondary N) is 1. The van der Waals surface area contributed by atoms with Crippen molar-refractivity contribution >= 4 is 5.91 Å². The van der Waals surface area contributed by atoms with Crippen molar-refractivity contribution in [3.05, 3.63) is 71.3 Å². The Morgan fingerprint density at radius 3 is 2.46 bits per heavy atom. The molecule has 2 aromatic carbocycles. The summed E-state index contributed by atoms with van der Waals surface area (Å²) >= 11 is 0. The first-order valence-electron chi connectivity index (χ1n) is 9.68. The molecule has 28 heavy (non-hydrogen) atoms. The Hall–Kier alpha value is -2.31. The summed E-state index contributed by atoms with van der Waals surface area (Å²) in [6, 6.07) is 13.7. The van der Waals surface area contributed by atoms with Gasteiger partial charge in [-0.1, -0.05) is 36.4 Å². The van der Waals surface area contributed by atoms with E-state index < -0.39 is 17.2 Å². The van der Waals surface area contributed by atoms with E-state index in [4.69, 9.17) is 0 Å². The Balaban J connectivity index is 1.44. The third-order valence-electron chi connectivity index (χ3n) is 5.86. The number of likely N-dealkylation sites (tertiary alicyclic amines) is 1. The highest BCUT2D eigenvalue weighted by atomic mass is 19.2. The van der Waals surface area contributed by atoms with Crippen LogP contribution in [-0.4, -0.2) is 34.6 Å². The van der Waals surface area contributed by atoms with Gasteiger partial charge in [0.1, 0.15) is 0 Å². The molecular weight excluding hydrogens is 362 g/mol. The molecule has 0 bridgehead atoms. The predicted octanol–water partition coefficient (Wildman–Crippen LogP) is 3.10. The summed E-state index contributed by atoms with van der Waals surface area (Å²) < 4.78 is 26.6. The highest BCUT2D eigenvalue weighted by Gasteiger charge is 2.48. The fraction of sp³-hybridized carbons (Fsp3) is 0.409. The minimum atomic E-state index is -1.48. The van der Waals surface area contributed by atoms with E-state index >= 15 is 0 Å². The molecule has 2 aliphatic rings. The first-order valence-corrected chi connectivity index (χ1v) is 9.68. The second kappa shape index (κ2) is 7.26. The number of halogens is 2. The van der Waals surface area contributed by atoms with Crippen LogP contribution in [0, 0.1) is 11.6 Å². The molecule has 0 radical (unpaired) electrons. The van der Waals surface area contributed by atoms with Gasteiger partial charge in [0.25, 0.3) is 5.91 Å². The van der Waals surface area contributed by atoms with Gasteiger partial charge in [-0.2, -0.15) is 0 Å². The Morgan fingerprint density at radius 2 is 1.79 bits per heavy atom. The van der Waals surface area contributed by atoms with E-state index in [-0.39, 0.29) is 24.5 Å². The lowest BCUT2D eigenvalue weighted by Crippen LogP contribution is -2.58. The average Bonchev–Trinajstić information content (AvgIpc) is 3.49. The number of amides is 1. The van der Waals surface area contributed by atoms with Gasteiger partial charge in [-0.15, -0.1) is 0 Å². The largest absolute Gasteiger partial charge is 0.379 e. The van der Waals surface area contributed by atoms with E-state index in [1.807, 2.05) is 18.2 Å². The molecule has 2 N–H and O–H groups in total. The molecule has 1 heterocycles. The molecular formula is C22H24F2N2O2. The fourth-order valence-corrected chi connectivity index (χ4v) is 4.00. The van der Waals surface area contributed by atoms with Gasteiger partial charge in [0.2, 0.25) is 0 Å². The van der Waals surface area contributed by atoms with Gasteiger partial charge in [-0.25, -0.2) is 8.78 Å². The van der Waals surface area contributed by atoms with E-state index in [1.165, 1.54) is 16.5 Å². The van der Waals surface area contributed by atoms with E-state index in [0.29, 0.717) is 24.9 Å². The molecule has 0 aromatic heterocycles. The number of hydrogen-bond donors (Lipinski definition) is 2. The van der Waals surface area contributed by atoms with E-state index in [9.17, 15) is 18.7 Å². The minimum absolute atomic E-state index is 0.155. The molecule has 2 fully saturated rings. The van der Waals surface area contributed by atoms with Crippen LogP contribution < -0.4 is 5.32 Å². The van der Waals surface area contributed by atoms with Crippen LogP contribution in [0.5, 0.6) is 0 Å². The zero-order valence-electron chi connectivity index (χ0n) is 15.6. The van der Waals surface area contributed by atoms with Gasteiger partial charge >= 0.3 is 0 Å². The molecule has 148 valence electrons. The fourth-order valence-electron chi connectivity index (χ4n) is 4.00. The molecule has 1 amide bonds. The maximum absolute atomic E-state index is 13.5. The van der Waals surface area contributed by atoms with Crippen LogP contribution >= 0.6 is 0 Å². The Morgan fingerprint density at radius 1 is 1.04 bits per heavy atom. The van der Waals surface area contributed by atoms with Crippen LogP contribution in [0.3, 0.4) is 0 Å². The lowest BCUT2D eigenvalue weighted by molar-refractivity contribution is -0.157. The van der Waals surface area contributed by atoms with E-state index in [2.05, 4.69) is 17.4 Å². The molecule has 4 rings (SSSR count). The predicted molar refractivity (Wildman–Crippen MR) is 101 cm³/mol. The zero-order chi connectivity index (χ0) is 19.8. The van der Waals surface area contributed by atoms with Crippen LogP contribution in [0.25, 0.3) is 0 Å². The number of hydrogen-bond acceptors (Lipinski definition) is 3. The smallest absolute Gasteiger partial charge is 0.256 e. The number of piperidine rings is 1. The van der Waals surface area contributed by atoms with Gasteiger partial charge < -0.3 is 15.3 Å². The Kier molecular flexibility index (Phi) is 4.93. The quantitative estimate of drug-likeness (QED) is 0.802. The van der Waals surface area contributed by atoms with Crippen LogP contribution in [0.15, 0.2) is 48.5 Å². The Bertz CT molecular complexity index is 870. The van der Waals surface area contributed by atoms with Crippen molar-refractivity contribution in [2.75, 3.05) is 13.1 Å². The third-order valence-corrected chi connectivity index (χ3v) is 5.86. The van der Waals surface area contributed by atoms with Gasteiger partial charge in [-0.3, -0.25) is 4.79 Å². The number of rotatable bonds is 6. The topological polar surface area (TPSA) is 52.6 Å². The van der Waals surface area contributed by atoms with Crippen LogP contribution in [0.1, 0.15) is 36.8 Å². The standard InChI is InChI=1S/C22H24F2N2O2/c23-18-8-7-16(13-19(18)24)14-26-12-4-9-22(28,20(26)27)15-25-21(10-11-21)17-5-2-1-3-6-17/h1-3,5-8,13,25,28H,4,9-12,14-15H2/t22-/m0/s1. The SMILES string of the molecule is O=C1N(Cc2ccc(F)c(F)c2)CCC[C@]1(O)CNC1(c2ccccc2)CC1. The lowest BCUT2D eigenvalue weighted by Gasteiger charge is -2.39. The molecule has 1 saturated carbocycles.